The number of carbonyl (C=O) groups is 1. The summed E-state index contributed by atoms with van der Waals surface area (Å²) < 4.78 is 15.7. The van der Waals surface area contributed by atoms with Crippen molar-refractivity contribution in [2.45, 2.75) is 0 Å². The molecule has 0 amide bonds. The Morgan fingerprint density at radius 1 is 0.958 bits per heavy atom. The molecule has 126 valence electrons. The van der Waals surface area contributed by atoms with Gasteiger partial charge >= 0.3 is 0 Å². The van der Waals surface area contributed by atoms with Crippen LogP contribution in [0.15, 0.2) is 36.4 Å². The van der Waals surface area contributed by atoms with E-state index in [-0.39, 0.29) is 23.0 Å². The highest BCUT2D eigenvalue weighted by Crippen LogP contribution is 2.40. The summed E-state index contributed by atoms with van der Waals surface area (Å²) in [6.45, 7) is 0. The maximum absolute atomic E-state index is 12.4. The Morgan fingerprint density at radius 2 is 1.67 bits per heavy atom. The van der Waals surface area contributed by atoms with Crippen LogP contribution in [-0.2, 0) is 0 Å². The van der Waals surface area contributed by atoms with Crippen molar-refractivity contribution < 1.29 is 29.2 Å². The number of phenolic OH excluding ortho intramolecular Hbond substituents is 2. The average molecular weight is 330 g/mol. The summed E-state index contributed by atoms with van der Waals surface area (Å²) in [5, 5.41) is 19.0. The van der Waals surface area contributed by atoms with Crippen LogP contribution in [-0.4, -0.2) is 37.3 Å². The first-order valence-corrected chi connectivity index (χ1v) is 7.05. The molecule has 2 rings (SSSR count). The Bertz CT molecular complexity index is 779. The number of allylic oxidation sites excluding steroid dienone is 1. The summed E-state index contributed by atoms with van der Waals surface area (Å²) in [7, 11) is 4.38. The Kier molecular flexibility index (Phi) is 5.31. The molecule has 0 fully saturated rings. The maximum Gasteiger partial charge on any atom is 0.204 e. The Hall–Kier alpha value is -3.15. The van der Waals surface area contributed by atoms with E-state index < -0.39 is 0 Å². The zero-order chi connectivity index (χ0) is 17.7. The van der Waals surface area contributed by atoms with E-state index in [4.69, 9.17) is 14.2 Å². The molecule has 0 heterocycles. The zero-order valence-electron chi connectivity index (χ0n) is 13.6. The van der Waals surface area contributed by atoms with Crippen LogP contribution in [0.25, 0.3) is 6.08 Å². The van der Waals surface area contributed by atoms with Crippen molar-refractivity contribution >= 4 is 11.9 Å². The van der Waals surface area contributed by atoms with Crippen molar-refractivity contribution in [3.63, 3.8) is 0 Å². The lowest BCUT2D eigenvalue weighted by Gasteiger charge is -2.14. The van der Waals surface area contributed by atoms with Gasteiger partial charge < -0.3 is 24.4 Å². The van der Waals surface area contributed by atoms with Crippen molar-refractivity contribution in [3.05, 3.63) is 47.5 Å². The second kappa shape index (κ2) is 7.41. The molecule has 6 heteroatoms. The van der Waals surface area contributed by atoms with Crippen LogP contribution in [0, 0.1) is 0 Å². The number of phenols is 2. The summed E-state index contributed by atoms with van der Waals surface area (Å²) in [5.74, 6) is 0.523. The predicted molar refractivity (Wildman–Crippen MR) is 89.2 cm³/mol. The summed E-state index contributed by atoms with van der Waals surface area (Å²) in [4.78, 5) is 12.4. The van der Waals surface area contributed by atoms with Crippen molar-refractivity contribution in [2.24, 2.45) is 0 Å². The van der Waals surface area contributed by atoms with E-state index in [9.17, 15) is 15.0 Å². The molecule has 0 aliphatic carbocycles. The third-order valence-corrected chi connectivity index (χ3v) is 3.40. The fraction of sp³-hybridized carbons (Fsp3) is 0.167. The molecule has 2 aromatic rings. The number of carbonyl (C=O) groups excluding carboxylic acids is 1. The highest BCUT2D eigenvalue weighted by atomic mass is 16.5. The molecule has 2 N–H and O–H groups in total. The number of ether oxygens (including phenoxy) is 3. The zero-order valence-corrected chi connectivity index (χ0v) is 13.6. The molecular formula is C18H18O6. The number of rotatable bonds is 6. The van der Waals surface area contributed by atoms with Gasteiger partial charge in [-0.1, -0.05) is 0 Å². The second-order valence-electron chi connectivity index (χ2n) is 4.82. The number of ketones is 1. The van der Waals surface area contributed by atoms with Gasteiger partial charge in [-0.05, 0) is 36.4 Å². The molecule has 0 atom stereocenters. The van der Waals surface area contributed by atoms with Crippen molar-refractivity contribution in [1.82, 2.24) is 0 Å². The van der Waals surface area contributed by atoms with E-state index in [1.54, 1.807) is 12.1 Å². The van der Waals surface area contributed by atoms with Gasteiger partial charge in [0, 0.05) is 11.6 Å². The van der Waals surface area contributed by atoms with Gasteiger partial charge in [-0.15, -0.1) is 0 Å². The van der Waals surface area contributed by atoms with Gasteiger partial charge in [0.15, 0.2) is 17.3 Å². The molecule has 0 radical (unpaired) electrons. The van der Waals surface area contributed by atoms with Crippen LogP contribution >= 0.6 is 0 Å². The first kappa shape index (κ1) is 17.2. The second-order valence-corrected chi connectivity index (χ2v) is 4.82. The van der Waals surface area contributed by atoms with Gasteiger partial charge in [0.05, 0.1) is 26.9 Å². The minimum Gasteiger partial charge on any atom is -0.508 e. The Morgan fingerprint density at radius 3 is 2.25 bits per heavy atom. The quantitative estimate of drug-likeness (QED) is 0.625. The summed E-state index contributed by atoms with van der Waals surface area (Å²) in [6, 6.07) is 7.30. The predicted octanol–water partition coefficient (Wildman–Crippen LogP) is 3.02. The van der Waals surface area contributed by atoms with E-state index in [1.807, 2.05) is 0 Å². The maximum atomic E-state index is 12.4. The van der Waals surface area contributed by atoms with Gasteiger partial charge in [-0.25, -0.2) is 0 Å². The number of methoxy groups -OCH3 is 3. The van der Waals surface area contributed by atoms with Gasteiger partial charge in [0.25, 0.3) is 0 Å². The highest BCUT2D eigenvalue weighted by molar-refractivity contribution is 6.09. The van der Waals surface area contributed by atoms with Gasteiger partial charge in [0.2, 0.25) is 5.75 Å². The minimum absolute atomic E-state index is 0.0578. The van der Waals surface area contributed by atoms with Crippen LogP contribution in [0.2, 0.25) is 0 Å². The molecule has 0 unspecified atom stereocenters. The van der Waals surface area contributed by atoms with Gasteiger partial charge in [-0.2, -0.15) is 0 Å². The Labute approximate surface area is 139 Å². The molecular weight excluding hydrogens is 312 g/mol. The molecule has 0 aromatic heterocycles. The number of benzene rings is 2. The average Bonchev–Trinajstić information content (AvgIpc) is 2.59. The normalized spacial score (nSPS) is 10.6. The number of aromatic hydroxyl groups is 2. The lowest BCUT2D eigenvalue weighted by Crippen LogP contribution is -2.02. The third-order valence-electron chi connectivity index (χ3n) is 3.40. The van der Waals surface area contributed by atoms with Gasteiger partial charge in [0.1, 0.15) is 11.5 Å². The molecule has 0 saturated heterocycles. The van der Waals surface area contributed by atoms with E-state index in [0.717, 1.165) is 0 Å². The minimum atomic E-state index is -0.333. The lowest BCUT2D eigenvalue weighted by atomic mass is 10.1. The first-order valence-electron chi connectivity index (χ1n) is 7.05. The number of hydrogen-bond donors (Lipinski definition) is 2. The first-order chi connectivity index (χ1) is 11.5. The van der Waals surface area contributed by atoms with Crippen LogP contribution in [0.5, 0.6) is 28.7 Å². The topological polar surface area (TPSA) is 85.2 Å². The van der Waals surface area contributed by atoms with E-state index in [0.29, 0.717) is 22.6 Å². The largest absolute Gasteiger partial charge is 0.508 e. The third kappa shape index (κ3) is 3.43. The van der Waals surface area contributed by atoms with Crippen LogP contribution in [0.4, 0.5) is 0 Å². The van der Waals surface area contributed by atoms with Crippen molar-refractivity contribution in [1.29, 1.82) is 0 Å². The molecule has 0 aliphatic rings. The molecule has 24 heavy (non-hydrogen) atoms. The van der Waals surface area contributed by atoms with Gasteiger partial charge in [-0.3, -0.25) is 4.79 Å². The van der Waals surface area contributed by atoms with E-state index in [1.165, 1.54) is 51.7 Å². The van der Waals surface area contributed by atoms with Crippen molar-refractivity contribution in [2.75, 3.05) is 21.3 Å². The molecule has 2 aromatic carbocycles. The monoisotopic (exact) mass is 330 g/mol. The molecule has 0 spiro atoms. The SMILES string of the molecule is COc1ccc(C(=O)C=Cc2ccc(O)cc2O)c(OC)c1OC. The van der Waals surface area contributed by atoms with Crippen LogP contribution < -0.4 is 14.2 Å². The molecule has 0 aliphatic heterocycles. The van der Waals surface area contributed by atoms with Crippen LogP contribution in [0.1, 0.15) is 15.9 Å². The summed E-state index contributed by atoms with van der Waals surface area (Å²) in [6.07, 6.45) is 2.75. The van der Waals surface area contributed by atoms with E-state index >= 15 is 0 Å². The summed E-state index contributed by atoms with van der Waals surface area (Å²) >= 11 is 0. The fourth-order valence-electron chi connectivity index (χ4n) is 2.22. The molecule has 0 saturated carbocycles. The standard InChI is InChI=1S/C18H18O6/c1-22-16-9-7-13(17(23-2)18(16)24-3)14(20)8-5-11-4-6-12(19)10-15(11)21/h4-10,19,21H,1-3H3. The van der Waals surface area contributed by atoms with Crippen LogP contribution in [0.3, 0.4) is 0 Å². The Balaban J connectivity index is 2.37. The molecule has 0 bridgehead atoms. The number of hydrogen-bond acceptors (Lipinski definition) is 6. The molecule has 6 nitrogen and oxygen atoms in total. The van der Waals surface area contributed by atoms with E-state index in [2.05, 4.69) is 0 Å². The highest BCUT2D eigenvalue weighted by Gasteiger charge is 2.19. The fourth-order valence-corrected chi connectivity index (χ4v) is 2.22. The van der Waals surface area contributed by atoms with Crippen molar-refractivity contribution in [3.8, 4) is 28.7 Å². The smallest absolute Gasteiger partial charge is 0.204 e. The summed E-state index contributed by atoms with van der Waals surface area (Å²) in [5.41, 5.74) is 0.699. The lowest BCUT2D eigenvalue weighted by molar-refractivity contribution is 0.104.